The zero-order chi connectivity index (χ0) is 12.7. The molecule has 4 heteroatoms. The molecule has 4 nitrogen and oxygen atoms in total. The molecule has 0 spiro atoms. The molecule has 0 aliphatic heterocycles. The Balaban J connectivity index is 2.36. The Morgan fingerprint density at radius 2 is 2.00 bits per heavy atom. The zero-order valence-corrected chi connectivity index (χ0v) is 10.6. The highest BCUT2D eigenvalue weighted by Crippen LogP contribution is 2.25. The van der Waals surface area contributed by atoms with Crippen LogP contribution in [0.5, 0.6) is 0 Å². The summed E-state index contributed by atoms with van der Waals surface area (Å²) in [6.07, 6.45) is 5.63. The van der Waals surface area contributed by atoms with E-state index in [-0.39, 0.29) is 11.3 Å². The van der Waals surface area contributed by atoms with Crippen molar-refractivity contribution in [3.8, 4) is 0 Å². The number of nitrogens with two attached hydrogens (primary N) is 1. The van der Waals surface area contributed by atoms with Crippen LogP contribution < -0.4 is 11.1 Å². The average Bonchev–Trinajstić information content (AvgIpc) is 2.28. The van der Waals surface area contributed by atoms with E-state index in [4.69, 9.17) is 5.73 Å². The number of pyridine rings is 1. The fourth-order valence-corrected chi connectivity index (χ4v) is 1.63. The predicted octanol–water partition coefficient (Wildman–Crippen LogP) is 2.18. The monoisotopic (exact) mass is 235 g/mol. The van der Waals surface area contributed by atoms with E-state index in [1.807, 2.05) is 0 Å². The summed E-state index contributed by atoms with van der Waals surface area (Å²) >= 11 is 0. The van der Waals surface area contributed by atoms with Crippen LogP contribution in [0.1, 0.15) is 33.1 Å². The van der Waals surface area contributed by atoms with Gasteiger partial charge in [-0.05, 0) is 36.9 Å². The van der Waals surface area contributed by atoms with Crippen molar-refractivity contribution < 1.29 is 4.79 Å². The van der Waals surface area contributed by atoms with Gasteiger partial charge >= 0.3 is 0 Å². The number of hydrogen-bond acceptors (Lipinski definition) is 3. The van der Waals surface area contributed by atoms with Gasteiger partial charge in [-0.1, -0.05) is 13.8 Å². The number of anilines is 1. The zero-order valence-electron chi connectivity index (χ0n) is 10.6. The molecule has 0 atom stereocenters. The molecule has 0 aliphatic carbocycles. The van der Waals surface area contributed by atoms with E-state index in [9.17, 15) is 4.79 Å². The minimum absolute atomic E-state index is 0.0429. The lowest BCUT2D eigenvalue weighted by Gasteiger charge is -2.23. The molecule has 1 aromatic rings. The Labute approximate surface area is 103 Å². The highest BCUT2D eigenvalue weighted by atomic mass is 16.1. The number of amides is 1. The quantitative estimate of drug-likeness (QED) is 0.794. The Hall–Kier alpha value is -1.42. The van der Waals surface area contributed by atoms with Crippen LogP contribution in [0.15, 0.2) is 24.5 Å². The number of hydrogen-bond donors (Lipinski definition) is 2. The van der Waals surface area contributed by atoms with Crippen molar-refractivity contribution in [3.05, 3.63) is 24.5 Å². The molecular weight excluding hydrogens is 214 g/mol. The SMILES string of the molecule is CC(C)(CCN)CCC(=O)Nc1ccncc1. The molecule has 0 aliphatic rings. The molecule has 1 rings (SSSR count). The lowest BCUT2D eigenvalue weighted by Crippen LogP contribution is -2.20. The van der Waals surface area contributed by atoms with E-state index in [1.54, 1.807) is 24.5 Å². The first-order valence-electron chi connectivity index (χ1n) is 5.93. The maximum absolute atomic E-state index is 11.7. The van der Waals surface area contributed by atoms with Crippen LogP contribution in [0.3, 0.4) is 0 Å². The van der Waals surface area contributed by atoms with Gasteiger partial charge in [0.1, 0.15) is 0 Å². The highest BCUT2D eigenvalue weighted by Gasteiger charge is 2.18. The molecule has 1 amide bonds. The third-order valence-electron chi connectivity index (χ3n) is 2.81. The summed E-state index contributed by atoms with van der Waals surface area (Å²) in [5, 5.41) is 2.85. The Morgan fingerprint density at radius 3 is 2.59 bits per heavy atom. The van der Waals surface area contributed by atoms with Crippen molar-refractivity contribution in [2.24, 2.45) is 11.1 Å². The molecule has 94 valence electrons. The molecule has 0 unspecified atom stereocenters. The smallest absolute Gasteiger partial charge is 0.224 e. The van der Waals surface area contributed by atoms with E-state index in [1.165, 1.54) is 0 Å². The Morgan fingerprint density at radius 1 is 1.35 bits per heavy atom. The maximum Gasteiger partial charge on any atom is 0.224 e. The lowest BCUT2D eigenvalue weighted by molar-refractivity contribution is -0.116. The van der Waals surface area contributed by atoms with Crippen molar-refractivity contribution in [3.63, 3.8) is 0 Å². The standard InChI is InChI=1S/C13H21N3O/c1-13(2,7-8-14)6-3-12(17)16-11-4-9-15-10-5-11/h4-5,9-10H,3,6-8,14H2,1-2H3,(H,15,16,17). The first-order valence-corrected chi connectivity index (χ1v) is 5.93. The van der Waals surface area contributed by atoms with Crippen molar-refractivity contribution in [2.45, 2.75) is 33.1 Å². The summed E-state index contributed by atoms with van der Waals surface area (Å²) in [6.45, 7) is 4.94. The molecule has 0 radical (unpaired) electrons. The minimum atomic E-state index is 0.0429. The Bertz CT molecular complexity index is 349. The number of nitrogens with one attached hydrogen (secondary N) is 1. The fourth-order valence-electron chi connectivity index (χ4n) is 1.63. The van der Waals surface area contributed by atoms with Gasteiger partial charge in [0, 0.05) is 24.5 Å². The van der Waals surface area contributed by atoms with Crippen LogP contribution in [-0.2, 0) is 4.79 Å². The lowest BCUT2D eigenvalue weighted by atomic mass is 9.84. The molecular formula is C13H21N3O. The van der Waals surface area contributed by atoms with Gasteiger partial charge in [-0.3, -0.25) is 9.78 Å². The fraction of sp³-hybridized carbons (Fsp3) is 0.538. The molecule has 0 aromatic carbocycles. The highest BCUT2D eigenvalue weighted by molar-refractivity contribution is 5.90. The van der Waals surface area contributed by atoms with E-state index < -0.39 is 0 Å². The van der Waals surface area contributed by atoms with Crippen LogP contribution in [0, 0.1) is 5.41 Å². The molecule has 0 fully saturated rings. The Kier molecular flexibility index (Phi) is 5.10. The van der Waals surface area contributed by atoms with Gasteiger partial charge in [0.2, 0.25) is 5.91 Å². The number of carbonyl (C=O) groups is 1. The van der Waals surface area contributed by atoms with E-state index in [0.717, 1.165) is 18.5 Å². The second kappa shape index (κ2) is 6.35. The van der Waals surface area contributed by atoms with Crippen molar-refractivity contribution in [2.75, 3.05) is 11.9 Å². The maximum atomic E-state index is 11.7. The summed E-state index contributed by atoms with van der Waals surface area (Å²) in [5.74, 6) is 0.0429. The number of rotatable bonds is 6. The van der Waals surface area contributed by atoms with Crippen LogP contribution in [0.4, 0.5) is 5.69 Å². The number of aromatic nitrogens is 1. The summed E-state index contributed by atoms with van der Waals surface area (Å²) < 4.78 is 0. The van der Waals surface area contributed by atoms with Gasteiger partial charge < -0.3 is 11.1 Å². The van der Waals surface area contributed by atoms with Gasteiger partial charge in [0.25, 0.3) is 0 Å². The summed E-state index contributed by atoms with van der Waals surface area (Å²) in [5.41, 5.74) is 6.46. The largest absolute Gasteiger partial charge is 0.330 e. The molecule has 1 heterocycles. The molecule has 17 heavy (non-hydrogen) atoms. The first kappa shape index (κ1) is 13.6. The van der Waals surface area contributed by atoms with Gasteiger partial charge in [-0.2, -0.15) is 0 Å². The van der Waals surface area contributed by atoms with Gasteiger partial charge in [-0.25, -0.2) is 0 Å². The van der Waals surface area contributed by atoms with Crippen molar-refractivity contribution >= 4 is 11.6 Å². The molecule has 0 bridgehead atoms. The van der Waals surface area contributed by atoms with E-state index in [2.05, 4.69) is 24.1 Å². The van der Waals surface area contributed by atoms with Crippen LogP contribution in [-0.4, -0.2) is 17.4 Å². The van der Waals surface area contributed by atoms with Gasteiger partial charge in [-0.15, -0.1) is 0 Å². The molecule has 0 saturated heterocycles. The van der Waals surface area contributed by atoms with Crippen LogP contribution in [0.25, 0.3) is 0 Å². The normalized spacial score (nSPS) is 11.2. The predicted molar refractivity (Wildman–Crippen MR) is 69.6 cm³/mol. The molecule has 0 saturated carbocycles. The third kappa shape index (κ3) is 5.45. The van der Waals surface area contributed by atoms with E-state index in [0.29, 0.717) is 13.0 Å². The number of nitrogens with zero attached hydrogens (tertiary/aromatic N) is 1. The van der Waals surface area contributed by atoms with Gasteiger partial charge in [0.15, 0.2) is 0 Å². The summed E-state index contributed by atoms with van der Waals surface area (Å²) in [7, 11) is 0. The first-order chi connectivity index (χ1) is 8.03. The van der Waals surface area contributed by atoms with Crippen LogP contribution in [0.2, 0.25) is 0 Å². The second-order valence-electron chi connectivity index (χ2n) is 4.99. The minimum Gasteiger partial charge on any atom is -0.330 e. The topological polar surface area (TPSA) is 68.0 Å². The summed E-state index contributed by atoms with van der Waals surface area (Å²) in [4.78, 5) is 15.6. The second-order valence-corrected chi connectivity index (χ2v) is 4.99. The molecule has 1 aromatic heterocycles. The van der Waals surface area contributed by atoms with Crippen LogP contribution >= 0.6 is 0 Å². The summed E-state index contributed by atoms with van der Waals surface area (Å²) in [6, 6.07) is 3.56. The number of carbonyl (C=O) groups excluding carboxylic acids is 1. The van der Waals surface area contributed by atoms with Crippen molar-refractivity contribution in [1.29, 1.82) is 0 Å². The molecule has 3 N–H and O–H groups in total. The van der Waals surface area contributed by atoms with Crippen molar-refractivity contribution in [1.82, 2.24) is 4.98 Å². The third-order valence-corrected chi connectivity index (χ3v) is 2.81. The average molecular weight is 235 g/mol. The van der Waals surface area contributed by atoms with Gasteiger partial charge in [0.05, 0.1) is 0 Å². The van der Waals surface area contributed by atoms with E-state index >= 15 is 0 Å².